The largest absolute Gasteiger partial charge is 0.315 e. The summed E-state index contributed by atoms with van der Waals surface area (Å²) in [6.07, 6.45) is 3.76. The van der Waals surface area contributed by atoms with E-state index in [0.29, 0.717) is 6.04 Å². The Labute approximate surface area is 85.7 Å². The molecular formula is C10H20N4. The summed E-state index contributed by atoms with van der Waals surface area (Å²) in [6, 6.07) is 0.557. The lowest BCUT2D eigenvalue weighted by atomic mass is 10.2. The molecule has 0 aromatic carbocycles. The van der Waals surface area contributed by atoms with Crippen LogP contribution in [0, 0.1) is 0 Å². The lowest BCUT2D eigenvalue weighted by Crippen LogP contribution is -2.26. The van der Waals surface area contributed by atoms with E-state index in [-0.39, 0.29) is 0 Å². The van der Waals surface area contributed by atoms with Crippen molar-refractivity contribution in [3.05, 3.63) is 12.2 Å². The van der Waals surface area contributed by atoms with Crippen molar-refractivity contribution < 1.29 is 0 Å². The second-order valence-corrected chi connectivity index (χ2v) is 3.49. The van der Waals surface area contributed by atoms with Crippen molar-refractivity contribution in [3.63, 3.8) is 0 Å². The third kappa shape index (κ3) is 3.10. The van der Waals surface area contributed by atoms with Crippen LogP contribution in [0.2, 0.25) is 0 Å². The Morgan fingerprint density at radius 1 is 1.50 bits per heavy atom. The highest BCUT2D eigenvalue weighted by atomic mass is 15.3. The van der Waals surface area contributed by atoms with E-state index in [1.807, 2.05) is 4.68 Å². The zero-order chi connectivity index (χ0) is 10.4. The van der Waals surface area contributed by atoms with Crippen LogP contribution in [-0.4, -0.2) is 27.4 Å². The van der Waals surface area contributed by atoms with E-state index in [0.717, 1.165) is 31.8 Å². The van der Waals surface area contributed by atoms with Crippen LogP contribution < -0.4 is 5.32 Å². The molecule has 1 heterocycles. The van der Waals surface area contributed by atoms with Crippen LogP contribution in [0.15, 0.2) is 6.33 Å². The zero-order valence-corrected chi connectivity index (χ0v) is 9.32. The van der Waals surface area contributed by atoms with Gasteiger partial charge in [-0.3, -0.25) is 4.68 Å². The van der Waals surface area contributed by atoms with Crippen LogP contribution in [0.5, 0.6) is 0 Å². The molecule has 0 aliphatic rings. The van der Waals surface area contributed by atoms with Crippen LogP contribution in [-0.2, 0) is 13.0 Å². The molecule has 4 nitrogen and oxygen atoms in total. The van der Waals surface area contributed by atoms with Crippen molar-refractivity contribution in [1.82, 2.24) is 20.1 Å². The highest BCUT2D eigenvalue weighted by molar-refractivity contribution is 4.85. The average Bonchev–Trinajstić information content (AvgIpc) is 2.62. The first-order valence-corrected chi connectivity index (χ1v) is 5.38. The van der Waals surface area contributed by atoms with E-state index in [2.05, 4.69) is 36.2 Å². The lowest BCUT2D eigenvalue weighted by Gasteiger charge is -2.11. The van der Waals surface area contributed by atoms with Crippen molar-refractivity contribution >= 4 is 0 Å². The minimum Gasteiger partial charge on any atom is -0.315 e. The van der Waals surface area contributed by atoms with Crippen molar-refractivity contribution in [3.8, 4) is 0 Å². The molecule has 1 aromatic rings. The standard InChI is InChI=1S/C10H20N4/c1-4-11-9(3)6-7-10-12-8-13-14(10)5-2/h8-9,11H,4-7H2,1-3H3. The minimum atomic E-state index is 0.557. The maximum absolute atomic E-state index is 4.24. The van der Waals surface area contributed by atoms with Gasteiger partial charge in [-0.2, -0.15) is 5.10 Å². The third-order valence-electron chi connectivity index (χ3n) is 2.35. The van der Waals surface area contributed by atoms with Gasteiger partial charge >= 0.3 is 0 Å². The van der Waals surface area contributed by atoms with E-state index in [4.69, 9.17) is 0 Å². The topological polar surface area (TPSA) is 42.7 Å². The molecule has 0 amide bonds. The number of aromatic nitrogens is 3. The van der Waals surface area contributed by atoms with Gasteiger partial charge < -0.3 is 5.32 Å². The molecule has 1 rings (SSSR count). The molecule has 0 saturated carbocycles. The molecule has 4 heteroatoms. The molecule has 0 bridgehead atoms. The fraction of sp³-hybridized carbons (Fsp3) is 0.800. The Balaban J connectivity index is 2.37. The molecule has 1 aromatic heterocycles. The fourth-order valence-electron chi connectivity index (χ4n) is 1.54. The third-order valence-corrected chi connectivity index (χ3v) is 2.35. The first-order chi connectivity index (χ1) is 6.77. The van der Waals surface area contributed by atoms with Crippen molar-refractivity contribution in [1.29, 1.82) is 0 Å². The molecule has 1 N–H and O–H groups in total. The van der Waals surface area contributed by atoms with Crippen LogP contribution in [0.3, 0.4) is 0 Å². The molecule has 0 aliphatic carbocycles. The monoisotopic (exact) mass is 196 g/mol. The first kappa shape index (κ1) is 11.2. The van der Waals surface area contributed by atoms with Gasteiger partial charge in [0.25, 0.3) is 0 Å². The fourth-order valence-corrected chi connectivity index (χ4v) is 1.54. The summed E-state index contributed by atoms with van der Waals surface area (Å²) in [5, 5.41) is 7.53. The maximum Gasteiger partial charge on any atom is 0.138 e. The highest BCUT2D eigenvalue weighted by Crippen LogP contribution is 2.01. The van der Waals surface area contributed by atoms with Gasteiger partial charge in [-0.15, -0.1) is 0 Å². The maximum atomic E-state index is 4.24. The van der Waals surface area contributed by atoms with Gasteiger partial charge in [-0.1, -0.05) is 6.92 Å². The molecule has 14 heavy (non-hydrogen) atoms. The van der Waals surface area contributed by atoms with E-state index < -0.39 is 0 Å². The molecule has 80 valence electrons. The van der Waals surface area contributed by atoms with Gasteiger partial charge in [0.1, 0.15) is 12.2 Å². The second-order valence-electron chi connectivity index (χ2n) is 3.49. The summed E-state index contributed by atoms with van der Waals surface area (Å²) in [5.41, 5.74) is 0. The van der Waals surface area contributed by atoms with Gasteiger partial charge in [0.2, 0.25) is 0 Å². The number of nitrogens with one attached hydrogen (secondary N) is 1. The zero-order valence-electron chi connectivity index (χ0n) is 9.32. The number of nitrogens with zero attached hydrogens (tertiary/aromatic N) is 3. The van der Waals surface area contributed by atoms with Crippen LogP contribution in [0.25, 0.3) is 0 Å². The summed E-state index contributed by atoms with van der Waals surface area (Å²) < 4.78 is 1.96. The Kier molecular flexibility index (Phi) is 4.59. The van der Waals surface area contributed by atoms with Crippen LogP contribution in [0.4, 0.5) is 0 Å². The van der Waals surface area contributed by atoms with Crippen molar-refractivity contribution in [2.24, 2.45) is 0 Å². The van der Waals surface area contributed by atoms with Crippen LogP contribution >= 0.6 is 0 Å². The van der Waals surface area contributed by atoms with Gasteiger partial charge in [0.05, 0.1) is 0 Å². The minimum absolute atomic E-state index is 0.557. The normalized spacial score (nSPS) is 13.1. The van der Waals surface area contributed by atoms with Crippen LogP contribution in [0.1, 0.15) is 33.0 Å². The Morgan fingerprint density at radius 2 is 2.29 bits per heavy atom. The number of hydrogen-bond acceptors (Lipinski definition) is 3. The van der Waals surface area contributed by atoms with E-state index in [1.54, 1.807) is 6.33 Å². The molecule has 0 radical (unpaired) electrons. The molecule has 1 atom stereocenters. The first-order valence-electron chi connectivity index (χ1n) is 5.38. The molecule has 0 fully saturated rings. The van der Waals surface area contributed by atoms with Crippen molar-refractivity contribution in [2.75, 3.05) is 6.54 Å². The Morgan fingerprint density at radius 3 is 2.93 bits per heavy atom. The lowest BCUT2D eigenvalue weighted by molar-refractivity contribution is 0.509. The summed E-state index contributed by atoms with van der Waals surface area (Å²) >= 11 is 0. The van der Waals surface area contributed by atoms with Gasteiger partial charge in [-0.25, -0.2) is 4.98 Å². The number of hydrogen-bond donors (Lipinski definition) is 1. The quantitative estimate of drug-likeness (QED) is 0.744. The molecule has 0 saturated heterocycles. The molecule has 0 aliphatic heterocycles. The van der Waals surface area contributed by atoms with E-state index in [9.17, 15) is 0 Å². The predicted octanol–water partition coefficient (Wildman–Crippen LogP) is 1.23. The van der Waals surface area contributed by atoms with Gasteiger partial charge in [-0.05, 0) is 26.8 Å². The summed E-state index contributed by atoms with van der Waals surface area (Å²) in [4.78, 5) is 4.24. The predicted molar refractivity (Wildman–Crippen MR) is 57.2 cm³/mol. The van der Waals surface area contributed by atoms with Gasteiger partial charge in [0.15, 0.2) is 0 Å². The smallest absolute Gasteiger partial charge is 0.138 e. The average molecular weight is 196 g/mol. The van der Waals surface area contributed by atoms with Gasteiger partial charge in [0, 0.05) is 19.0 Å². The molecule has 0 spiro atoms. The molecule has 1 unspecified atom stereocenters. The second kappa shape index (κ2) is 5.75. The summed E-state index contributed by atoms with van der Waals surface area (Å²) in [7, 11) is 0. The summed E-state index contributed by atoms with van der Waals surface area (Å²) in [6.45, 7) is 8.36. The Bertz CT molecular complexity index is 256. The van der Waals surface area contributed by atoms with Crippen molar-refractivity contribution in [2.45, 2.75) is 46.2 Å². The number of aryl methyl sites for hydroxylation is 2. The summed E-state index contributed by atoms with van der Waals surface area (Å²) in [5.74, 6) is 1.09. The SMILES string of the molecule is CCNC(C)CCc1ncnn1CC. The Hall–Kier alpha value is -0.900. The van der Waals surface area contributed by atoms with E-state index in [1.165, 1.54) is 0 Å². The highest BCUT2D eigenvalue weighted by Gasteiger charge is 2.05. The molecular weight excluding hydrogens is 176 g/mol. The number of rotatable bonds is 6. The van der Waals surface area contributed by atoms with E-state index >= 15 is 0 Å².